The Morgan fingerprint density at radius 2 is 1.76 bits per heavy atom. The molecule has 1 aliphatic rings. The number of thiazole rings is 1. The Morgan fingerprint density at radius 1 is 1.02 bits per heavy atom. The summed E-state index contributed by atoms with van der Waals surface area (Å²) in [4.78, 5) is 65.3. The second kappa shape index (κ2) is 21.6. The summed E-state index contributed by atoms with van der Waals surface area (Å²) < 4.78 is 10.7. The van der Waals surface area contributed by atoms with Gasteiger partial charge in [-0.25, -0.2) is 9.78 Å². The predicted molar refractivity (Wildman–Crippen MR) is 247 cm³/mol. The number of amides is 3. The van der Waals surface area contributed by atoms with Crippen LogP contribution in [0.2, 0.25) is 0 Å². The number of aliphatic hydroxyl groups excluding tert-OH is 1. The zero-order chi connectivity index (χ0) is 45.1. The molecule has 3 aromatic carbocycles. The van der Waals surface area contributed by atoms with E-state index >= 15 is 0 Å². The normalized spacial score (nSPS) is 16.4. The summed E-state index contributed by atoms with van der Waals surface area (Å²) in [6.07, 6.45) is 5.27. The van der Waals surface area contributed by atoms with E-state index in [4.69, 9.17) is 9.47 Å². The van der Waals surface area contributed by atoms with Crippen LogP contribution in [-0.4, -0.2) is 107 Å². The van der Waals surface area contributed by atoms with Gasteiger partial charge < -0.3 is 35.1 Å². The molecule has 4 atom stereocenters. The molecule has 6 rings (SSSR count). The summed E-state index contributed by atoms with van der Waals surface area (Å²) >= 11 is 1.58. The number of hydrogen-bond donors (Lipinski definition) is 4. The molecule has 0 spiro atoms. The van der Waals surface area contributed by atoms with Crippen molar-refractivity contribution in [3.63, 3.8) is 0 Å². The molecule has 5 aromatic rings. The molecule has 1 unspecified atom stereocenters. The van der Waals surface area contributed by atoms with Crippen LogP contribution in [0.1, 0.15) is 74.5 Å². The van der Waals surface area contributed by atoms with E-state index in [1.807, 2.05) is 101 Å². The first-order valence-electron chi connectivity index (χ1n) is 21.5. The van der Waals surface area contributed by atoms with Crippen molar-refractivity contribution in [1.82, 2.24) is 30.4 Å². The van der Waals surface area contributed by atoms with Gasteiger partial charge in [0.1, 0.15) is 12.1 Å². The second-order valence-electron chi connectivity index (χ2n) is 17.2. The summed E-state index contributed by atoms with van der Waals surface area (Å²) in [5, 5.41) is 17.9. The molecule has 0 aliphatic carbocycles. The van der Waals surface area contributed by atoms with Crippen LogP contribution in [-0.2, 0) is 41.6 Å². The number of aryl methyl sites for hydroxylation is 1. The van der Waals surface area contributed by atoms with Gasteiger partial charge in [-0.05, 0) is 65.6 Å². The third-order valence-corrected chi connectivity index (χ3v) is 12.4. The quantitative estimate of drug-likeness (QED) is 0.0406. The Labute approximate surface area is 373 Å². The molecule has 3 heterocycles. The van der Waals surface area contributed by atoms with Gasteiger partial charge in [0.05, 0.1) is 48.6 Å². The summed E-state index contributed by atoms with van der Waals surface area (Å²) in [6.45, 7) is 12.1. The van der Waals surface area contributed by atoms with Gasteiger partial charge in [0.25, 0.3) is 0 Å². The number of esters is 1. The van der Waals surface area contributed by atoms with Crippen LogP contribution in [0.25, 0.3) is 27.4 Å². The third kappa shape index (κ3) is 12.7. The molecule has 0 radical (unpaired) electrons. The maximum atomic E-state index is 14.2. The van der Waals surface area contributed by atoms with Gasteiger partial charge in [-0.15, -0.1) is 11.3 Å². The number of fused-ring (bicyclic) bond motifs is 1. The number of methoxy groups -OCH3 is 1. The van der Waals surface area contributed by atoms with Gasteiger partial charge in [-0.2, -0.15) is 0 Å². The first kappa shape index (κ1) is 46.8. The molecule has 1 fully saturated rings. The fourth-order valence-electron chi connectivity index (χ4n) is 7.82. The van der Waals surface area contributed by atoms with Gasteiger partial charge in [-0.3, -0.25) is 19.3 Å². The van der Waals surface area contributed by atoms with E-state index in [-0.39, 0.29) is 43.8 Å². The highest BCUT2D eigenvalue weighted by Crippen LogP contribution is 2.30. The maximum Gasteiger partial charge on any atom is 0.330 e. The van der Waals surface area contributed by atoms with Crippen molar-refractivity contribution in [2.24, 2.45) is 5.41 Å². The zero-order valence-corrected chi connectivity index (χ0v) is 37.9. The molecule has 1 saturated heterocycles. The molecule has 0 saturated carbocycles. The van der Waals surface area contributed by atoms with Crippen LogP contribution in [0.5, 0.6) is 0 Å². The fraction of sp³-hybridized carbons (Fsp3) is 0.408. The van der Waals surface area contributed by atoms with Gasteiger partial charge in [0, 0.05) is 62.2 Å². The number of carbonyl (C=O) groups is 4. The molecule has 1 aliphatic heterocycles. The maximum absolute atomic E-state index is 14.2. The number of carbonyl (C=O) groups excluding carboxylic acids is 4. The van der Waals surface area contributed by atoms with Crippen molar-refractivity contribution >= 4 is 52.0 Å². The van der Waals surface area contributed by atoms with Crippen LogP contribution >= 0.6 is 11.3 Å². The minimum atomic E-state index is -0.937. The van der Waals surface area contributed by atoms with Gasteiger partial charge in [0.15, 0.2) is 0 Å². The molecule has 4 N–H and O–H groups in total. The Bertz CT molecular complexity index is 2350. The number of β-amino-alcohol motifs (C(OH)–C–C–N with tert-alkyl or cyclic N) is 1. The van der Waals surface area contributed by atoms with Crippen LogP contribution in [0.4, 0.5) is 0 Å². The van der Waals surface area contributed by atoms with Gasteiger partial charge in [0.2, 0.25) is 17.7 Å². The molecule has 3 amide bonds. The molecule has 63 heavy (non-hydrogen) atoms. The number of nitrogens with one attached hydrogen (secondary N) is 3. The third-order valence-electron chi connectivity index (χ3n) is 11.5. The lowest BCUT2D eigenvalue weighted by molar-refractivity contribution is -0.144. The van der Waals surface area contributed by atoms with Crippen LogP contribution in [0, 0.1) is 12.3 Å². The van der Waals surface area contributed by atoms with Crippen molar-refractivity contribution < 1.29 is 33.8 Å². The number of aromatic nitrogens is 2. The lowest BCUT2D eigenvalue weighted by Crippen LogP contribution is -2.58. The fourth-order valence-corrected chi connectivity index (χ4v) is 8.63. The van der Waals surface area contributed by atoms with E-state index < -0.39 is 35.5 Å². The second-order valence-corrected chi connectivity index (χ2v) is 18.1. The predicted octanol–water partition coefficient (Wildman–Crippen LogP) is 6.61. The van der Waals surface area contributed by atoms with E-state index in [9.17, 15) is 24.3 Å². The number of ether oxygens (including phenoxy) is 2. The first-order chi connectivity index (χ1) is 30.2. The molecular weight excluding hydrogens is 817 g/mol. The molecule has 2 aromatic heterocycles. The van der Waals surface area contributed by atoms with E-state index in [2.05, 4.69) is 43.8 Å². The average molecular weight is 877 g/mol. The number of hydrogen-bond acceptors (Lipinski definition) is 10. The van der Waals surface area contributed by atoms with Crippen LogP contribution < -0.4 is 10.6 Å². The molecule has 13 nitrogen and oxygen atoms in total. The molecule has 334 valence electrons. The number of H-pyrrole nitrogens is 1. The summed E-state index contributed by atoms with van der Waals surface area (Å²) in [6, 6.07) is 22.0. The lowest BCUT2D eigenvalue weighted by atomic mass is 9.85. The standard InChI is InChI=1S/C49H60N6O7S/c1-32(36-16-18-37(19-17-36)45-33(2)51-31-63-45)52-47(59)42-27-39(56)30-55(42)48(60)46(49(3,4)5)53-43(57)22-25-62-26-24-54(23-21-38-28-50-41-10-8-7-9-40(38)41)29-35-13-11-34(12-14-35)15-20-44(58)61-6/h7-20,28,31-32,39,42,46,50,56H,21-27,29-30H2,1-6H3,(H,52,59)(H,53,57)/b20-15+/t32-,39+,42?,46+/m0/s1. The highest BCUT2D eigenvalue weighted by molar-refractivity contribution is 7.13. The van der Waals surface area contributed by atoms with Gasteiger partial charge in [-0.1, -0.05) is 87.5 Å². The molecule has 14 heteroatoms. The number of nitrogens with zero attached hydrogens (tertiary/aromatic N) is 3. The van der Waals surface area contributed by atoms with E-state index in [1.165, 1.54) is 29.0 Å². The van der Waals surface area contributed by atoms with E-state index in [0.29, 0.717) is 19.7 Å². The first-order valence-corrected chi connectivity index (χ1v) is 22.4. The molecular formula is C49H60N6O7S. The topological polar surface area (TPSA) is 166 Å². The number of aromatic amines is 1. The summed E-state index contributed by atoms with van der Waals surface area (Å²) in [7, 11) is 1.35. The summed E-state index contributed by atoms with van der Waals surface area (Å²) in [5.74, 6) is -1.52. The lowest BCUT2D eigenvalue weighted by Gasteiger charge is -2.35. The largest absolute Gasteiger partial charge is 0.466 e. The van der Waals surface area contributed by atoms with Crippen LogP contribution in [0.3, 0.4) is 0 Å². The number of rotatable bonds is 19. The Hall–Kier alpha value is -5.67. The number of benzene rings is 3. The number of aliphatic hydroxyl groups is 1. The molecule has 0 bridgehead atoms. The van der Waals surface area contributed by atoms with Gasteiger partial charge >= 0.3 is 5.97 Å². The Morgan fingerprint density at radius 3 is 2.46 bits per heavy atom. The zero-order valence-electron chi connectivity index (χ0n) is 37.1. The van der Waals surface area contributed by atoms with Crippen molar-refractivity contribution in [2.75, 3.05) is 40.0 Å². The average Bonchev–Trinajstić information content (AvgIpc) is 4.01. The van der Waals surface area contributed by atoms with Crippen LogP contribution in [0.15, 0.2) is 90.6 Å². The number of para-hydroxylation sites is 1. The van der Waals surface area contributed by atoms with Crippen molar-refractivity contribution in [1.29, 1.82) is 0 Å². The SMILES string of the molecule is COC(=O)/C=C/c1ccc(CN(CCOCCC(=O)N[C@H](C(=O)N2C[C@H](O)CC2C(=O)N[C@@H](C)c2ccc(-c3scnc3C)cc2)C(C)(C)C)CCc2c[nH]c3ccccc23)cc1. The van der Waals surface area contributed by atoms with E-state index in [0.717, 1.165) is 51.3 Å². The Balaban J connectivity index is 1.01. The smallest absolute Gasteiger partial charge is 0.330 e. The summed E-state index contributed by atoms with van der Waals surface area (Å²) in [5.41, 5.74) is 8.38. The van der Waals surface area contributed by atoms with Crippen molar-refractivity contribution in [3.05, 3.63) is 119 Å². The van der Waals surface area contributed by atoms with E-state index in [1.54, 1.807) is 17.4 Å². The Kier molecular flexibility index (Phi) is 16.1. The van der Waals surface area contributed by atoms with Crippen molar-refractivity contribution in [2.45, 2.75) is 84.7 Å². The minimum absolute atomic E-state index is 0.00679. The minimum Gasteiger partial charge on any atom is -0.466 e. The monoisotopic (exact) mass is 876 g/mol. The van der Waals surface area contributed by atoms with Crippen molar-refractivity contribution in [3.8, 4) is 10.4 Å². The number of likely N-dealkylation sites (tertiary alicyclic amines) is 1. The highest BCUT2D eigenvalue weighted by atomic mass is 32.1. The highest BCUT2D eigenvalue weighted by Gasteiger charge is 2.44.